The summed E-state index contributed by atoms with van der Waals surface area (Å²) in [4.78, 5) is 13.8. The zero-order valence-electron chi connectivity index (χ0n) is 16.1. The molecule has 0 radical (unpaired) electrons. The lowest BCUT2D eigenvalue weighted by Gasteiger charge is -2.27. The summed E-state index contributed by atoms with van der Waals surface area (Å²) in [5, 5.41) is 3.55. The van der Waals surface area contributed by atoms with Crippen molar-refractivity contribution in [3.8, 4) is 0 Å². The minimum absolute atomic E-state index is 0.170. The Labute approximate surface area is 161 Å². The van der Waals surface area contributed by atoms with Crippen LogP contribution in [0.15, 0.2) is 36.7 Å². The smallest absolute Gasteiger partial charge is 0.134 e. The third-order valence-corrected chi connectivity index (χ3v) is 5.37. The number of nitrogens with one attached hydrogen (secondary N) is 1. The number of hydrogen-bond acceptors (Lipinski definition) is 6. The first kappa shape index (κ1) is 18.3. The highest BCUT2D eigenvalue weighted by molar-refractivity contribution is 5.47. The summed E-state index contributed by atoms with van der Waals surface area (Å²) in [6.07, 6.45) is 3.93. The first-order valence-electron chi connectivity index (χ1n) is 9.91. The van der Waals surface area contributed by atoms with Gasteiger partial charge in [-0.15, -0.1) is 0 Å². The van der Waals surface area contributed by atoms with Crippen LogP contribution < -0.4 is 5.32 Å². The molecular formula is C21H29N5O. The van der Waals surface area contributed by atoms with E-state index in [2.05, 4.69) is 62.5 Å². The van der Waals surface area contributed by atoms with Crippen molar-refractivity contribution >= 4 is 5.82 Å². The average Bonchev–Trinajstić information content (AvgIpc) is 2.92. The first-order valence-corrected chi connectivity index (χ1v) is 9.91. The van der Waals surface area contributed by atoms with Gasteiger partial charge in [0.2, 0.25) is 0 Å². The summed E-state index contributed by atoms with van der Waals surface area (Å²) in [5.41, 5.74) is 3.78. The van der Waals surface area contributed by atoms with Crippen LogP contribution in [0.4, 0.5) is 5.82 Å². The van der Waals surface area contributed by atoms with Crippen LogP contribution in [0.1, 0.15) is 23.2 Å². The van der Waals surface area contributed by atoms with Gasteiger partial charge in [-0.25, -0.2) is 9.97 Å². The number of rotatable bonds is 5. The molecular weight excluding hydrogens is 338 g/mol. The van der Waals surface area contributed by atoms with Gasteiger partial charge in [0.25, 0.3) is 0 Å². The molecule has 0 amide bonds. The molecule has 1 saturated heterocycles. The molecule has 1 fully saturated rings. The van der Waals surface area contributed by atoms with Crippen LogP contribution in [-0.4, -0.2) is 65.7 Å². The van der Waals surface area contributed by atoms with Crippen LogP contribution >= 0.6 is 0 Å². The van der Waals surface area contributed by atoms with Crippen LogP contribution in [0.25, 0.3) is 0 Å². The number of likely N-dealkylation sites (N-methyl/N-ethyl adjacent to an activating group) is 1. The Morgan fingerprint density at radius 3 is 2.96 bits per heavy atom. The molecule has 1 aromatic carbocycles. The summed E-state index contributed by atoms with van der Waals surface area (Å²) in [7, 11) is 2.15. The number of fused-ring (bicyclic) bond motifs is 1. The monoisotopic (exact) mass is 367 g/mol. The van der Waals surface area contributed by atoms with Gasteiger partial charge in [0.05, 0.1) is 11.8 Å². The van der Waals surface area contributed by atoms with Gasteiger partial charge in [-0.2, -0.15) is 0 Å². The van der Waals surface area contributed by atoms with Crippen molar-refractivity contribution in [3.63, 3.8) is 0 Å². The molecule has 144 valence electrons. The summed E-state index contributed by atoms with van der Waals surface area (Å²) < 4.78 is 6.10. The largest absolute Gasteiger partial charge is 0.375 e. The lowest BCUT2D eigenvalue weighted by molar-refractivity contribution is 0.0624. The summed E-state index contributed by atoms with van der Waals surface area (Å²) in [6.45, 7) is 6.57. The van der Waals surface area contributed by atoms with Crippen LogP contribution in [0.3, 0.4) is 0 Å². The highest BCUT2D eigenvalue weighted by Crippen LogP contribution is 2.22. The molecule has 1 aromatic heterocycles. The number of nitrogens with zero attached hydrogens (tertiary/aromatic N) is 4. The molecule has 4 rings (SSSR count). The van der Waals surface area contributed by atoms with Gasteiger partial charge >= 0.3 is 0 Å². The number of benzene rings is 1. The molecule has 2 aliphatic heterocycles. The molecule has 1 unspecified atom stereocenters. The predicted octanol–water partition coefficient (Wildman–Crippen LogP) is 2.17. The maximum atomic E-state index is 6.10. The summed E-state index contributed by atoms with van der Waals surface area (Å²) in [6, 6.07) is 10.7. The number of hydrogen-bond donors (Lipinski definition) is 1. The Hall–Kier alpha value is -2.02. The normalized spacial score (nSPS) is 21.4. The molecule has 6 nitrogen and oxygen atoms in total. The second-order valence-electron chi connectivity index (χ2n) is 7.58. The first-order chi connectivity index (χ1) is 13.3. The van der Waals surface area contributed by atoms with E-state index in [1.54, 1.807) is 6.33 Å². The fraction of sp³-hybridized carbons (Fsp3) is 0.524. The topological polar surface area (TPSA) is 53.5 Å². The molecule has 0 spiro atoms. The highest BCUT2D eigenvalue weighted by Gasteiger charge is 2.22. The Morgan fingerprint density at radius 1 is 1.19 bits per heavy atom. The van der Waals surface area contributed by atoms with Crippen molar-refractivity contribution in [2.45, 2.75) is 32.0 Å². The van der Waals surface area contributed by atoms with E-state index >= 15 is 0 Å². The second-order valence-corrected chi connectivity index (χ2v) is 7.58. The predicted molar refractivity (Wildman–Crippen MR) is 107 cm³/mol. The highest BCUT2D eigenvalue weighted by atomic mass is 16.5. The number of aromatic nitrogens is 2. The molecule has 27 heavy (non-hydrogen) atoms. The van der Waals surface area contributed by atoms with Crippen molar-refractivity contribution in [2.24, 2.45) is 0 Å². The molecule has 2 aromatic rings. The van der Waals surface area contributed by atoms with E-state index in [0.29, 0.717) is 0 Å². The van der Waals surface area contributed by atoms with Gasteiger partial charge < -0.3 is 15.0 Å². The van der Waals surface area contributed by atoms with Gasteiger partial charge in [-0.1, -0.05) is 30.3 Å². The summed E-state index contributed by atoms with van der Waals surface area (Å²) >= 11 is 0. The van der Waals surface area contributed by atoms with Crippen LogP contribution in [0, 0.1) is 0 Å². The molecule has 1 N–H and O–H groups in total. The van der Waals surface area contributed by atoms with Gasteiger partial charge in [-0.05, 0) is 19.0 Å². The SMILES string of the molecule is CN1CCc2ncnc(NCC3CN(Cc4ccccc4)CCCO3)c2C1. The molecule has 2 aliphatic rings. The van der Waals surface area contributed by atoms with Gasteiger partial charge in [0, 0.05) is 57.9 Å². The van der Waals surface area contributed by atoms with Gasteiger partial charge in [-0.3, -0.25) is 4.90 Å². The lowest BCUT2D eigenvalue weighted by Crippen LogP contribution is -2.36. The Kier molecular flexibility index (Phi) is 5.97. The standard InChI is InChI=1S/C21H29N5O/c1-25-10-8-20-19(15-25)21(24-16-23-20)22-12-18-14-26(9-5-11-27-18)13-17-6-3-2-4-7-17/h2-4,6-7,16,18H,5,8-15H2,1H3,(H,22,23,24). The van der Waals surface area contributed by atoms with Crippen molar-refractivity contribution < 1.29 is 4.74 Å². The van der Waals surface area contributed by atoms with Crippen LogP contribution in [0.2, 0.25) is 0 Å². The van der Waals surface area contributed by atoms with Crippen LogP contribution in [0.5, 0.6) is 0 Å². The van der Waals surface area contributed by atoms with Crippen molar-refractivity contribution in [2.75, 3.05) is 45.2 Å². The Balaban J connectivity index is 1.38. The second kappa shape index (κ2) is 8.78. The van der Waals surface area contributed by atoms with Crippen molar-refractivity contribution in [1.82, 2.24) is 19.8 Å². The number of anilines is 1. The van der Waals surface area contributed by atoms with E-state index in [4.69, 9.17) is 4.74 Å². The molecule has 0 bridgehead atoms. The molecule has 6 heteroatoms. The fourth-order valence-electron chi connectivity index (χ4n) is 3.92. The van der Waals surface area contributed by atoms with Gasteiger partial charge in [0.1, 0.15) is 12.1 Å². The Morgan fingerprint density at radius 2 is 2.07 bits per heavy atom. The van der Waals surface area contributed by atoms with E-state index in [9.17, 15) is 0 Å². The van der Waals surface area contributed by atoms with Crippen LogP contribution in [-0.2, 0) is 24.2 Å². The minimum Gasteiger partial charge on any atom is -0.375 e. The molecule has 0 aliphatic carbocycles. The van der Waals surface area contributed by atoms with Crippen molar-refractivity contribution in [1.29, 1.82) is 0 Å². The minimum atomic E-state index is 0.170. The average molecular weight is 367 g/mol. The number of ether oxygens (including phenoxy) is 1. The van der Waals surface area contributed by atoms with E-state index < -0.39 is 0 Å². The zero-order valence-corrected chi connectivity index (χ0v) is 16.1. The summed E-state index contributed by atoms with van der Waals surface area (Å²) in [5.74, 6) is 0.967. The lowest BCUT2D eigenvalue weighted by atomic mass is 10.1. The van der Waals surface area contributed by atoms with E-state index in [1.807, 2.05) is 0 Å². The van der Waals surface area contributed by atoms with E-state index in [1.165, 1.54) is 16.8 Å². The Bertz CT molecular complexity index is 739. The fourth-order valence-corrected chi connectivity index (χ4v) is 3.92. The zero-order chi connectivity index (χ0) is 18.5. The maximum absolute atomic E-state index is 6.10. The van der Waals surface area contributed by atoms with E-state index in [-0.39, 0.29) is 6.10 Å². The maximum Gasteiger partial charge on any atom is 0.134 e. The third kappa shape index (κ3) is 4.83. The van der Waals surface area contributed by atoms with Crippen molar-refractivity contribution in [3.05, 3.63) is 53.5 Å². The quantitative estimate of drug-likeness (QED) is 0.874. The van der Waals surface area contributed by atoms with Gasteiger partial charge in [0.15, 0.2) is 0 Å². The molecule has 1 atom stereocenters. The molecule has 3 heterocycles. The van der Waals surface area contributed by atoms with E-state index in [0.717, 1.165) is 64.5 Å². The molecule has 0 saturated carbocycles. The third-order valence-electron chi connectivity index (χ3n) is 5.37.